The fourth-order valence-electron chi connectivity index (χ4n) is 4.60. The van der Waals surface area contributed by atoms with E-state index in [-0.39, 0.29) is 11.1 Å². The first-order valence-corrected chi connectivity index (χ1v) is 14.1. The van der Waals surface area contributed by atoms with E-state index in [1.165, 1.54) is 11.3 Å². The number of ether oxygens (including phenoxy) is 1. The number of pyridine rings is 1. The summed E-state index contributed by atoms with van der Waals surface area (Å²) in [6.07, 6.45) is 3.44. The number of benzene rings is 2. The minimum atomic E-state index is -0.392. The molecule has 2 N–H and O–H groups in total. The van der Waals surface area contributed by atoms with Crippen LogP contribution in [0, 0.1) is 0 Å². The van der Waals surface area contributed by atoms with Crippen molar-refractivity contribution >= 4 is 62.8 Å². The van der Waals surface area contributed by atoms with Gasteiger partial charge in [-0.2, -0.15) is 0 Å². The van der Waals surface area contributed by atoms with Gasteiger partial charge in [0.1, 0.15) is 0 Å². The van der Waals surface area contributed by atoms with Crippen LogP contribution in [-0.4, -0.2) is 53.2 Å². The van der Waals surface area contributed by atoms with E-state index in [0.717, 1.165) is 82.8 Å². The third kappa shape index (κ3) is 5.79. The molecule has 3 amide bonds. The third-order valence-electron chi connectivity index (χ3n) is 6.50. The van der Waals surface area contributed by atoms with Crippen LogP contribution in [0.1, 0.15) is 20.8 Å². The number of thiophene rings is 1. The normalized spacial score (nSPS) is 17.1. The summed E-state index contributed by atoms with van der Waals surface area (Å²) in [7, 11) is 0. The van der Waals surface area contributed by atoms with Gasteiger partial charge in [0.05, 0.1) is 28.5 Å². The predicted octanol–water partition coefficient (Wildman–Crippen LogP) is 5.37. The van der Waals surface area contributed by atoms with Crippen LogP contribution in [0.2, 0.25) is 0 Å². The second-order valence-electron chi connectivity index (χ2n) is 9.19. The van der Waals surface area contributed by atoms with Gasteiger partial charge in [-0.05, 0) is 71.4 Å². The number of rotatable bonds is 6. The van der Waals surface area contributed by atoms with E-state index in [4.69, 9.17) is 4.74 Å². The van der Waals surface area contributed by atoms with Crippen molar-refractivity contribution in [1.82, 2.24) is 15.2 Å². The van der Waals surface area contributed by atoms with Crippen molar-refractivity contribution < 1.29 is 19.1 Å². The van der Waals surface area contributed by atoms with Gasteiger partial charge in [-0.15, -0.1) is 11.3 Å². The van der Waals surface area contributed by atoms with E-state index in [9.17, 15) is 14.4 Å². The van der Waals surface area contributed by atoms with Crippen molar-refractivity contribution in [2.75, 3.05) is 31.6 Å². The first-order chi connectivity index (χ1) is 19.0. The predicted molar refractivity (Wildman–Crippen MR) is 155 cm³/mol. The van der Waals surface area contributed by atoms with Crippen LogP contribution in [0.4, 0.5) is 10.5 Å². The minimum Gasteiger partial charge on any atom is -0.379 e. The molecule has 2 fully saturated rings. The minimum absolute atomic E-state index is 0.160. The smallest absolute Gasteiger partial charge is 0.290 e. The molecule has 4 heterocycles. The number of fused-ring (bicyclic) bond motifs is 1. The maximum absolute atomic E-state index is 13.1. The number of hydrogen-bond acceptors (Lipinski definition) is 8. The van der Waals surface area contributed by atoms with E-state index < -0.39 is 5.91 Å². The number of amides is 3. The van der Waals surface area contributed by atoms with E-state index in [1.54, 1.807) is 12.3 Å². The zero-order valence-electron chi connectivity index (χ0n) is 20.8. The average Bonchev–Trinajstić information content (AvgIpc) is 3.55. The zero-order valence-corrected chi connectivity index (χ0v) is 22.4. The number of hydrogen-bond donors (Lipinski definition) is 2. The molecule has 2 aliphatic heterocycles. The fourth-order valence-corrected chi connectivity index (χ4v) is 6.23. The van der Waals surface area contributed by atoms with Crippen LogP contribution in [0.5, 0.6) is 0 Å². The number of thioether (sulfide) groups is 1. The van der Waals surface area contributed by atoms with Gasteiger partial charge in [0.15, 0.2) is 0 Å². The lowest BCUT2D eigenvalue weighted by molar-refractivity contribution is -0.115. The lowest BCUT2D eigenvalue weighted by Gasteiger charge is -2.26. The SMILES string of the molecule is O=C1NC(=O)/C(=C\c2ccc3nccc(-c4ccc(C(=O)Nc5cccc(CN6CCOCC6)c5)s4)c3c2)S1. The number of imide groups is 1. The molecule has 2 aromatic heterocycles. The van der Waals surface area contributed by atoms with Gasteiger partial charge in [0.2, 0.25) is 0 Å². The summed E-state index contributed by atoms with van der Waals surface area (Å²) in [4.78, 5) is 45.3. The molecule has 0 aliphatic carbocycles. The van der Waals surface area contributed by atoms with Crippen LogP contribution in [0.3, 0.4) is 0 Å². The monoisotopic (exact) mass is 556 g/mol. The number of carbonyl (C=O) groups excluding carboxylic acids is 3. The summed E-state index contributed by atoms with van der Waals surface area (Å²) in [6.45, 7) is 4.14. The van der Waals surface area contributed by atoms with Crippen molar-refractivity contribution in [3.63, 3.8) is 0 Å². The molecule has 2 aromatic carbocycles. The highest BCUT2D eigenvalue weighted by molar-refractivity contribution is 8.18. The fraction of sp³-hybridized carbons (Fsp3) is 0.172. The highest BCUT2D eigenvalue weighted by atomic mass is 32.2. The van der Waals surface area contributed by atoms with Gasteiger partial charge >= 0.3 is 0 Å². The molecule has 196 valence electrons. The standard InChI is InChI=1S/C29H24N4O4S2/c34-27(31-20-3-1-2-19(14-20)17-33-10-12-37-13-11-33)25-7-6-24(38-25)21-8-9-30-23-5-4-18(15-22(21)23)16-26-28(35)32-29(36)39-26/h1-9,14-16H,10-13,17H2,(H,31,34)(H,32,35,36)/b26-16+. The van der Waals surface area contributed by atoms with Crippen LogP contribution in [0.25, 0.3) is 27.4 Å². The molecule has 4 aromatic rings. The van der Waals surface area contributed by atoms with E-state index in [0.29, 0.717) is 9.78 Å². The molecule has 8 nitrogen and oxygen atoms in total. The van der Waals surface area contributed by atoms with Gasteiger partial charge in [0, 0.05) is 47.3 Å². The maximum atomic E-state index is 13.1. The number of anilines is 1. The molecule has 0 bridgehead atoms. The quantitative estimate of drug-likeness (QED) is 0.308. The number of morpholine rings is 1. The second kappa shape index (κ2) is 11.1. The van der Waals surface area contributed by atoms with Crippen molar-refractivity contribution in [3.05, 3.63) is 87.8 Å². The summed E-state index contributed by atoms with van der Waals surface area (Å²) >= 11 is 2.30. The molecular weight excluding hydrogens is 532 g/mol. The highest BCUT2D eigenvalue weighted by Gasteiger charge is 2.25. The molecule has 0 saturated carbocycles. The lowest BCUT2D eigenvalue weighted by atomic mass is 10.0. The number of nitrogens with zero attached hydrogens (tertiary/aromatic N) is 2. The lowest BCUT2D eigenvalue weighted by Crippen LogP contribution is -2.35. The Hall–Kier alpha value is -3.83. The Morgan fingerprint density at radius 1 is 1.08 bits per heavy atom. The van der Waals surface area contributed by atoms with Gasteiger partial charge in [-0.25, -0.2) is 0 Å². The summed E-state index contributed by atoms with van der Waals surface area (Å²) in [5.41, 5.74) is 4.44. The Morgan fingerprint density at radius 3 is 2.77 bits per heavy atom. The zero-order chi connectivity index (χ0) is 26.8. The van der Waals surface area contributed by atoms with Gasteiger partial charge in [-0.3, -0.25) is 29.6 Å². The molecule has 39 heavy (non-hydrogen) atoms. The van der Waals surface area contributed by atoms with E-state index in [2.05, 4.69) is 26.6 Å². The van der Waals surface area contributed by atoms with E-state index in [1.807, 2.05) is 54.6 Å². The highest BCUT2D eigenvalue weighted by Crippen LogP contribution is 2.35. The van der Waals surface area contributed by atoms with Crippen LogP contribution >= 0.6 is 23.1 Å². The molecule has 2 saturated heterocycles. The largest absolute Gasteiger partial charge is 0.379 e. The molecule has 2 aliphatic rings. The summed E-state index contributed by atoms with van der Waals surface area (Å²) in [5.74, 6) is -0.551. The first-order valence-electron chi connectivity index (χ1n) is 12.5. The maximum Gasteiger partial charge on any atom is 0.290 e. The number of carbonyl (C=O) groups is 3. The Labute approximate surface area is 233 Å². The van der Waals surface area contributed by atoms with Crippen molar-refractivity contribution in [2.24, 2.45) is 0 Å². The van der Waals surface area contributed by atoms with Crippen molar-refractivity contribution in [2.45, 2.75) is 6.54 Å². The van der Waals surface area contributed by atoms with E-state index >= 15 is 0 Å². The van der Waals surface area contributed by atoms with Gasteiger partial charge < -0.3 is 10.1 Å². The summed E-state index contributed by atoms with van der Waals surface area (Å²) < 4.78 is 5.43. The summed E-state index contributed by atoms with van der Waals surface area (Å²) in [5, 5.41) is 5.83. The Kier molecular flexibility index (Phi) is 7.25. The molecule has 6 rings (SSSR count). The third-order valence-corrected chi connectivity index (χ3v) is 8.42. The number of nitrogens with one attached hydrogen (secondary N) is 2. The van der Waals surface area contributed by atoms with Crippen molar-refractivity contribution in [3.8, 4) is 10.4 Å². The van der Waals surface area contributed by atoms with Crippen molar-refractivity contribution in [1.29, 1.82) is 0 Å². The molecule has 10 heteroatoms. The Bertz CT molecular complexity index is 1620. The average molecular weight is 557 g/mol. The Balaban J connectivity index is 1.21. The molecule has 0 atom stereocenters. The van der Waals surface area contributed by atoms with Gasteiger partial charge in [-0.1, -0.05) is 18.2 Å². The molecule has 0 unspecified atom stereocenters. The molecule has 0 spiro atoms. The van der Waals surface area contributed by atoms with Gasteiger partial charge in [0.25, 0.3) is 17.1 Å². The van der Waals surface area contributed by atoms with Crippen LogP contribution in [0.15, 0.2) is 71.8 Å². The molecule has 0 radical (unpaired) electrons. The topological polar surface area (TPSA) is 101 Å². The first kappa shape index (κ1) is 25.4. The Morgan fingerprint density at radius 2 is 1.95 bits per heavy atom. The summed E-state index contributed by atoms with van der Waals surface area (Å²) in [6, 6.07) is 19.3. The van der Waals surface area contributed by atoms with Crippen LogP contribution in [-0.2, 0) is 16.1 Å². The van der Waals surface area contributed by atoms with Crippen LogP contribution < -0.4 is 10.6 Å². The number of aromatic nitrogens is 1. The second-order valence-corrected chi connectivity index (χ2v) is 11.3. The molecular formula is C29H24N4O4S2.